The van der Waals surface area contributed by atoms with Gasteiger partial charge < -0.3 is 15.8 Å². The van der Waals surface area contributed by atoms with Gasteiger partial charge in [0.15, 0.2) is 17.3 Å². The molecule has 18 heteroatoms. The van der Waals surface area contributed by atoms with Gasteiger partial charge in [-0.2, -0.15) is 18.3 Å². The molecule has 1 aliphatic carbocycles. The third-order valence-corrected chi connectivity index (χ3v) is 9.34. The molecule has 11 nitrogen and oxygen atoms in total. The predicted octanol–water partition coefficient (Wildman–Crippen LogP) is 7.41. The Balaban J connectivity index is 1.43. The second kappa shape index (κ2) is 13.7. The Morgan fingerprint density at radius 3 is 2.36 bits per heavy atom. The number of rotatable bonds is 10. The van der Waals surface area contributed by atoms with Gasteiger partial charge in [-0.25, -0.2) is 32.6 Å². The molecule has 280 valence electrons. The van der Waals surface area contributed by atoms with Gasteiger partial charge in [-0.3, -0.25) is 14.7 Å². The third kappa shape index (κ3) is 7.26. The van der Waals surface area contributed by atoms with E-state index in [0.29, 0.717) is 15.9 Å². The summed E-state index contributed by atoms with van der Waals surface area (Å²) in [6.07, 6.45) is -7.60. The Hall–Kier alpha value is -5.19. The van der Waals surface area contributed by atoms with Crippen LogP contribution in [0.25, 0.3) is 16.9 Å². The molecule has 0 saturated heterocycles. The van der Waals surface area contributed by atoms with E-state index in [4.69, 9.17) is 22.1 Å². The molecule has 0 radical (unpaired) electrons. The Bertz CT molecular complexity index is 2050. The highest BCUT2D eigenvalue weighted by atomic mass is 35.5. The van der Waals surface area contributed by atoms with Crippen molar-refractivity contribution in [3.63, 3.8) is 0 Å². The molecule has 0 spiro atoms. The van der Waals surface area contributed by atoms with Gasteiger partial charge in [0.2, 0.25) is 0 Å². The summed E-state index contributed by atoms with van der Waals surface area (Å²) < 4.78 is 90.0. The first-order valence-corrected chi connectivity index (χ1v) is 16.6. The predicted molar refractivity (Wildman–Crippen MR) is 180 cm³/mol. The van der Waals surface area contributed by atoms with Crippen LogP contribution in [0.1, 0.15) is 69.5 Å². The zero-order valence-electron chi connectivity index (χ0n) is 28.5. The summed E-state index contributed by atoms with van der Waals surface area (Å²) in [5.74, 6) is -3.15. The molecule has 1 saturated carbocycles. The van der Waals surface area contributed by atoms with Crippen LogP contribution >= 0.6 is 11.6 Å². The fourth-order valence-corrected chi connectivity index (χ4v) is 6.55. The summed E-state index contributed by atoms with van der Waals surface area (Å²) in [4.78, 5) is 41.2. The van der Waals surface area contributed by atoms with Crippen LogP contribution in [0.2, 0.25) is 5.02 Å². The average Bonchev–Trinajstić information content (AvgIpc) is 3.64. The van der Waals surface area contributed by atoms with Crippen LogP contribution in [0.4, 0.5) is 31.1 Å². The number of halogens is 7. The van der Waals surface area contributed by atoms with E-state index in [2.05, 4.69) is 20.1 Å². The van der Waals surface area contributed by atoms with Crippen LogP contribution in [0.5, 0.6) is 0 Å². The summed E-state index contributed by atoms with van der Waals surface area (Å²) in [5, 5.41) is 4.95. The lowest BCUT2D eigenvalue weighted by Crippen LogP contribution is -2.50. The van der Waals surface area contributed by atoms with Gasteiger partial charge >= 0.3 is 12.3 Å². The lowest BCUT2D eigenvalue weighted by molar-refractivity contribution is -0.164. The normalized spacial score (nSPS) is 19.0. The summed E-state index contributed by atoms with van der Waals surface area (Å²) in [6, 6.07) is 12.7. The van der Waals surface area contributed by atoms with Crippen molar-refractivity contribution >= 4 is 29.6 Å². The zero-order valence-corrected chi connectivity index (χ0v) is 29.2. The smallest absolute Gasteiger partial charge is 0.411 e. The number of hydrogen-bond acceptors (Lipinski definition) is 8. The average molecular weight is 763 g/mol. The van der Waals surface area contributed by atoms with Crippen molar-refractivity contribution in [1.29, 1.82) is 0 Å². The van der Waals surface area contributed by atoms with Gasteiger partial charge in [-0.05, 0) is 60.1 Å². The van der Waals surface area contributed by atoms with E-state index in [1.54, 1.807) is 36.5 Å². The van der Waals surface area contributed by atoms with Crippen molar-refractivity contribution in [2.45, 2.75) is 69.8 Å². The zero-order chi connectivity index (χ0) is 38.5. The van der Waals surface area contributed by atoms with E-state index in [0.717, 1.165) is 28.9 Å². The summed E-state index contributed by atoms with van der Waals surface area (Å²) in [5.41, 5.74) is 3.01. The van der Waals surface area contributed by atoms with Crippen molar-refractivity contribution in [1.82, 2.24) is 30.0 Å². The molecule has 3 N–H and O–H groups in total. The van der Waals surface area contributed by atoms with Crippen molar-refractivity contribution < 1.29 is 40.7 Å². The quantitative estimate of drug-likeness (QED) is 0.160. The molecule has 0 unspecified atom stereocenters. The number of alkyl carbamates (subject to hydrolysis) is 1. The van der Waals surface area contributed by atoms with E-state index < -0.39 is 76.1 Å². The van der Waals surface area contributed by atoms with Crippen LogP contribution in [-0.2, 0) is 15.1 Å². The van der Waals surface area contributed by atoms with Crippen LogP contribution in [0, 0.1) is 11.2 Å². The number of pyridine rings is 1. The number of aliphatic imine (C=N–C) groups is 1. The minimum Gasteiger partial charge on any atom is -0.447 e. The molecule has 4 aromatic rings. The standard InChI is InChI=1S/C35H33ClF6N8O3/c1-32(2,3)17-34(21-9-7-19(8-10-21)23-6-4-5-13-44-23)29(51)49(30(43)47-34)25(16-53-31(52)48-33(11-12-33)35(40,41)42)20-14-22(37)26(36)24(15-20)50-28(27(38)39)45-18-46-50/h4-10,13-15,18,25,27H,11-12,16-17H2,1-3H3,(H2,43,47)(H,48,52)/t25-,34-/m1/s1. The van der Waals surface area contributed by atoms with E-state index in [1.165, 1.54) is 0 Å². The lowest BCUT2D eigenvalue weighted by atomic mass is 9.75. The Morgan fingerprint density at radius 1 is 1.08 bits per heavy atom. The largest absolute Gasteiger partial charge is 0.447 e. The molecule has 53 heavy (non-hydrogen) atoms. The number of carbonyl (C=O) groups is 2. The molecule has 2 atom stereocenters. The number of carbonyl (C=O) groups excluding carboxylic acids is 2. The van der Waals surface area contributed by atoms with Gasteiger partial charge in [-0.15, -0.1) is 0 Å². The second-order valence-corrected chi connectivity index (χ2v) is 14.4. The minimum absolute atomic E-state index is 0.0953. The van der Waals surface area contributed by atoms with Crippen molar-refractivity contribution in [3.8, 4) is 16.9 Å². The number of benzene rings is 2. The summed E-state index contributed by atoms with van der Waals surface area (Å²) in [6.45, 7) is 4.75. The molecular formula is C35H33ClF6N8O3. The van der Waals surface area contributed by atoms with Gasteiger partial charge in [0.1, 0.15) is 29.3 Å². The molecule has 0 bridgehead atoms. The van der Waals surface area contributed by atoms with Crippen LogP contribution in [0.15, 0.2) is 72.1 Å². The Labute approximate surface area is 304 Å². The second-order valence-electron chi connectivity index (χ2n) is 14.0. The first-order chi connectivity index (χ1) is 24.9. The van der Waals surface area contributed by atoms with E-state index >= 15 is 4.39 Å². The number of nitrogens with one attached hydrogen (secondary N) is 1. The molecular weight excluding hydrogens is 730 g/mol. The summed E-state index contributed by atoms with van der Waals surface area (Å²) in [7, 11) is 0. The van der Waals surface area contributed by atoms with Gasteiger partial charge in [0.05, 0.1) is 17.4 Å². The van der Waals surface area contributed by atoms with E-state index in [1.807, 2.05) is 38.2 Å². The van der Waals surface area contributed by atoms with Crippen LogP contribution in [0.3, 0.4) is 0 Å². The van der Waals surface area contributed by atoms with E-state index in [-0.39, 0.29) is 30.8 Å². The maximum absolute atomic E-state index is 15.6. The molecule has 2 aromatic carbocycles. The first kappa shape index (κ1) is 37.6. The number of nitrogens with two attached hydrogens (primary N) is 1. The Morgan fingerprint density at radius 2 is 1.77 bits per heavy atom. The number of aromatic nitrogens is 4. The third-order valence-electron chi connectivity index (χ3n) is 8.97. The lowest BCUT2D eigenvalue weighted by Gasteiger charge is -2.35. The number of guanidine groups is 1. The molecule has 2 aliphatic rings. The number of amides is 2. The maximum Gasteiger partial charge on any atom is 0.411 e. The fourth-order valence-electron chi connectivity index (χ4n) is 6.36. The maximum atomic E-state index is 15.6. The van der Waals surface area contributed by atoms with Gasteiger partial charge in [-0.1, -0.05) is 62.7 Å². The minimum atomic E-state index is -4.76. The molecule has 3 heterocycles. The molecule has 1 fully saturated rings. The monoisotopic (exact) mass is 762 g/mol. The highest BCUT2D eigenvalue weighted by Crippen LogP contribution is 2.49. The van der Waals surface area contributed by atoms with Crippen molar-refractivity contribution in [2.24, 2.45) is 16.1 Å². The highest BCUT2D eigenvalue weighted by molar-refractivity contribution is 6.32. The highest BCUT2D eigenvalue weighted by Gasteiger charge is 2.64. The van der Waals surface area contributed by atoms with Crippen molar-refractivity contribution in [2.75, 3.05) is 6.61 Å². The van der Waals surface area contributed by atoms with Gasteiger partial charge in [0, 0.05) is 11.8 Å². The van der Waals surface area contributed by atoms with Crippen LogP contribution < -0.4 is 11.1 Å². The fraction of sp³-hybridized carbons (Fsp3) is 0.371. The molecule has 6 rings (SSSR count). The van der Waals surface area contributed by atoms with Crippen molar-refractivity contribution in [3.05, 3.63) is 94.9 Å². The molecule has 1 aliphatic heterocycles. The van der Waals surface area contributed by atoms with Gasteiger partial charge in [0.25, 0.3) is 12.3 Å². The molecule has 2 amide bonds. The van der Waals surface area contributed by atoms with Crippen LogP contribution in [-0.4, -0.2) is 60.9 Å². The SMILES string of the molecule is CC(C)(C)C[C@]1(c2ccc(-c3ccccn3)cc2)N=C(N)N([C@H](COC(=O)NC2(C(F)(F)F)CC2)c2cc(F)c(Cl)c(-n3ncnc3C(F)F)c2)C1=O. The summed E-state index contributed by atoms with van der Waals surface area (Å²) >= 11 is 6.22. The first-order valence-electron chi connectivity index (χ1n) is 16.3. The van der Waals surface area contributed by atoms with E-state index in [9.17, 15) is 31.5 Å². The number of ether oxygens (including phenoxy) is 1. The Kier molecular flexibility index (Phi) is 9.68. The molecule has 2 aromatic heterocycles. The topological polar surface area (TPSA) is 141 Å². The number of hydrogen-bond donors (Lipinski definition) is 2. The number of nitrogens with zero attached hydrogens (tertiary/aromatic N) is 6. The number of alkyl halides is 5.